The van der Waals surface area contributed by atoms with Crippen LogP contribution in [0, 0.1) is 10.1 Å². The number of amides is 1. The normalized spacial score (nSPS) is 11.0. The van der Waals surface area contributed by atoms with Crippen molar-refractivity contribution >= 4 is 23.2 Å². The van der Waals surface area contributed by atoms with Gasteiger partial charge in [0.2, 0.25) is 0 Å². The third-order valence-electron chi connectivity index (χ3n) is 2.64. The zero-order chi connectivity index (χ0) is 15.5. The lowest BCUT2D eigenvalue weighted by Gasteiger charge is -2.34. The van der Waals surface area contributed by atoms with Gasteiger partial charge in [-0.1, -0.05) is 17.7 Å². The highest BCUT2D eigenvalue weighted by Crippen LogP contribution is 2.25. The van der Waals surface area contributed by atoms with Crippen molar-refractivity contribution in [2.75, 3.05) is 6.54 Å². The van der Waals surface area contributed by atoms with E-state index in [9.17, 15) is 14.9 Å². The Bertz CT molecular complexity index is 552. The molecule has 108 valence electrons. The standard InChI is InChI=1S/C13H16ClN3O3/c1-5-6-16(13(2,3)4)12(18)9-7-11(14)15-8-10(9)17(19)20/h5,7-8H,1,6H2,2-4H3. The number of carbonyl (C=O) groups is 1. The van der Waals surface area contributed by atoms with Crippen LogP contribution in [0.5, 0.6) is 0 Å². The quantitative estimate of drug-likeness (QED) is 0.370. The molecule has 0 aliphatic heterocycles. The summed E-state index contributed by atoms with van der Waals surface area (Å²) in [5.74, 6) is -0.478. The first-order valence-corrected chi connectivity index (χ1v) is 6.29. The average molecular weight is 298 g/mol. The molecule has 0 bridgehead atoms. The smallest absolute Gasteiger partial charge is 0.300 e. The SMILES string of the molecule is C=CCN(C(=O)c1cc(Cl)ncc1[N+](=O)[O-])C(C)(C)C. The van der Waals surface area contributed by atoms with Crippen molar-refractivity contribution in [2.24, 2.45) is 0 Å². The van der Waals surface area contributed by atoms with Gasteiger partial charge in [0.25, 0.3) is 11.6 Å². The summed E-state index contributed by atoms with van der Waals surface area (Å²) in [5, 5.41) is 11.0. The van der Waals surface area contributed by atoms with E-state index in [-0.39, 0.29) is 22.9 Å². The fraction of sp³-hybridized carbons (Fsp3) is 0.385. The maximum atomic E-state index is 12.5. The molecule has 0 aromatic carbocycles. The molecule has 1 amide bonds. The molecule has 6 nitrogen and oxygen atoms in total. The third kappa shape index (κ3) is 3.54. The first-order valence-electron chi connectivity index (χ1n) is 5.91. The lowest BCUT2D eigenvalue weighted by molar-refractivity contribution is -0.385. The van der Waals surface area contributed by atoms with Gasteiger partial charge < -0.3 is 4.90 Å². The highest BCUT2D eigenvalue weighted by Gasteiger charge is 2.31. The molecule has 0 N–H and O–H groups in total. The number of hydrogen-bond donors (Lipinski definition) is 0. The number of aromatic nitrogens is 1. The van der Waals surface area contributed by atoms with Crippen LogP contribution in [0.3, 0.4) is 0 Å². The molecule has 0 saturated carbocycles. The molecule has 7 heteroatoms. The van der Waals surface area contributed by atoms with Crippen molar-refractivity contribution in [3.05, 3.63) is 45.7 Å². The van der Waals surface area contributed by atoms with E-state index >= 15 is 0 Å². The van der Waals surface area contributed by atoms with Crippen LogP contribution in [-0.2, 0) is 0 Å². The van der Waals surface area contributed by atoms with Gasteiger partial charge in [0, 0.05) is 12.1 Å². The van der Waals surface area contributed by atoms with Gasteiger partial charge in [0.05, 0.1) is 4.92 Å². The lowest BCUT2D eigenvalue weighted by Crippen LogP contribution is -2.45. The predicted octanol–water partition coefficient (Wildman–Crippen LogP) is 3.07. The molecule has 1 rings (SSSR count). The van der Waals surface area contributed by atoms with E-state index in [1.54, 1.807) is 6.08 Å². The Hall–Kier alpha value is -1.95. The van der Waals surface area contributed by atoms with Gasteiger partial charge in [-0.15, -0.1) is 6.58 Å². The molecule has 1 aromatic rings. The average Bonchev–Trinajstić information content (AvgIpc) is 2.33. The van der Waals surface area contributed by atoms with Crippen LogP contribution in [0.25, 0.3) is 0 Å². The second-order valence-electron chi connectivity index (χ2n) is 5.16. The summed E-state index contributed by atoms with van der Waals surface area (Å²) in [6.45, 7) is 9.39. The number of nitrogens with zero attached hydrogens (tertiary/aromatic N) is 3. The summed E-state index contributed by atoms with van der Waals surface area (Å²) >= 11 is 5.74. The molecular formula is C13H16ClN3O3. The minimum atomic E-state index is -0.648. The van der Waals surface area contributed by atoms with Crippen LogP contribution in [0.4, 0.5) is 5.69 Å². The van der Waals surface area contributed by atoms with Crippen LogP contribution >= 0.6 is 11.6 Å². The van der Waals surface area contributed by atoms with E-state index in [1.807, 2.05) is 20.8 Å². The number of halogens is 1. The van der Waals surface area contributed by atoms with E-state index < -0.39 is 16.4 Å². The van der Waals surface area contributed by atoms with Crippen LogP contribution in [-0.4, -0.2) is 32.8 Å². The van der Waals surface area contributed by atoms with E-state index in [4.69, 9.17) is 11.6 Å². The molecule has 0 spiro atoms. The monoisotopic (exact) mass is 297 g/mol. The van der Waals surface area contributed by atoms with E-state index in [1.165, 1.54) is 11.0 Å². The summed E-state index contributed by atoms with van der Waals surface area (Å²) in [6.07, 6.45) is 2.56. The predicted molar refractivity (Wildman–Crippen MR) is 76.9 cm³/mol. The van der Waals surface area contributed by atoms with E-state index in [0.717, 1.165) is 6.20 Å². The molecule has 1 aromatic heterocycles. The molecular weight excluding hydrogens is 282 g/mol. The van der Waals surface area contributed by atoms with Crippen molar-refractivity contribution in [2.45, 2.75) is 26.3 Å². The van der Waals surface area contributed by atoms with Gasteiger partial charge >= 0.3 is 0 Å². The summed E-state index contributed by atoms with van der Waals surface area (Å²) in [5.41, 5.74) is -0.945. The summed E-state index contributed by atoms with van der Waals surface area (Å²) < 4.78 is 0. The Morgan fingerprint density at radius 2 is 2.20 bits per heavy atom. The minimum Gasteiger partial charge on any atom is -0.330 e. The van der Waals surface area contributed by atoms with Crippen LogP contribution < -0.4 is 0 Å². The van der Waals surface area contributed by atoms with Gasteiger partial charge in [-0.05, 0) is 26.8 Å². The second kappa shape index (κ2) is 6.00. The number of hydrogen-bond acceptors (Lipinski definition) is 4. The summed E-state index contributed by atoms with van der Waals surface area (Å²) in [6, 6.07) is 1.21. The van der Waals surface area contributed by atoms with Crippen molar-refractivity contribution in [1.82, 2.24) is 9.88 Å². The molecule has 0 atom stereocenters. The number of carbonyl (C=O) groups excluding carboxylic acids is 1. The van der Waals surface area contributed by atoms with Gasteiger partial charge in [-0.3, -0.25) is 14.9 Å². The Morgan fingerprint density at radius 1 is 1.60 bits per heavy atom. The molecule has 20 heavy (non-hydrogen) atoms. The number of pyridine rings is 1. The Balaban J connectivity index is 3.34. The van der Waals surface area contributed by atoms with Crippen molar-refractivity contribution < 1.29 is 9.72 Å². The molecule has 0 unspecified atom stereocenters. The first kappa shape index (κ1) is 16.1. The molecule has 0 fully saturated rings. The number of rotatable bonds is 4. The van der Waals surface area contributed by atoms with Crippen LogP contribution in [0.15, 0.2) is 24.9 Å². The molecule has 0 aliphatic rings. The zero-order valence-corrected chi connectivity index (χ0v) is 12.3. The second-order valence-corrected chi connectivity index (χ2v) is 5.54. The Morgan fingerprint density at radius 3 is 2.65 bits per heavy atom. The van der Waals surface area contributed by atoms with Crippen LogP contribution in [0.2, 0.25) is 5.15 Å². The topological polar surface area (TPSA) is 76.3 Å². The number of nitro groups is 1. The first-order chi connectivity index (χ1) is 9.18. The van der Waals surface area contributed by atoms with Gasteiger partial charge in [-0.2, -0.15) is 0 Å². The fourth-order valence-corrected chi connectivity index (χ4v) is 1.83. The third-order valence-corrected chi connectivity index (χ3v) is 2.85. The summed E-state index contributed by atoms with van der Waals surface area (Å²) in [7, 11) is 0. The Kier molecular flexibility index (Phi) is 4.83. The minimum absolute atomic E-state index is 0.0337. The van der Waals surface area contributed by atoms with Crippen LogP contribution in [0.1, 0.15) is 31.1 Å². The Labute approximate surface area is 122 Å². The van der Waals surface area contributed by atoms with Gasteiger partial charge in [0.15, 0.2) is 0 Å². The van der Waals surface area contributed by atoms with E-state index in [2.05, 4.69) is 11.6 Å². The largest absolute Gasteiger partial charge is 0.330 e. The van der Waals surface area contributed by atoms with Crippen molar-refractivity contribution in [1.29, 1.82) is 0 Å². The highest BCUT2D eigenvalue weighted by atomic mass is 35.5. The van der Waals surface area contributed by atoms with E-state index in [0.29, 0.717) is 0 Å². The zero-order valence-electron chi connectivity index (χ0n) is 11.6. The maximum absolute atomic E-state index is 12.5. The van der Waals surface area contributed by atoms with Gasteiger partial charge in [-0.25, -0.2) is 4.98 Å². The van der Waals surface area contributed by atoms with Crippen molar-refractivity contribution in [3.63, 3.8) is 0 Å². The molecule has 0 aliphatic carbocycles. The summed E-state index contributed by atoms with van der Waals surface area (Å²) in [4.78, 5) is 28.0. The highest BCUT2D eigenvalue weighted by molar-refractivity contribution is 6.29. The lowest BCUT2D eigenvalue weighted by atomic mass is 10.0. The molecule has 0 radical (unpaired) electrons. The fourth-order valence-electron chi connectivity index (χ4n) is 1.68. The van der Waals surface area contributed by atoms with Crippen molar-refractivity contribution in [3.8, 4) is 0 Å². The maximum Gasteiger partial charge on any atom is 0.300 e. The molecule has 0 saturated heterocycles. The molecule has 1 heterocycles. The van der Waals surface area contributed by atoms with Gasteiger partial charge in [0.1, 0.15) is 16.9 Å².